The zero-order chi connectivity index (χ0) is 15.5. The fourth-order valence-electron chi connectivity index (χ4n) is 2.72. The van der Waals surface area contributed by atoms with Gasteiger partial charge in [-0.25, -0.2) is 0 Å². The summed E-state index contributed by atoms with van der Waals surface area (Å²) in [7, 11) is 1.83. The van der Waals surface area contributed by atoms with Gasteiger partial charge in [0.15, 0.2) is 0 Å². The van der Waals surface area contributed by atoms with Crippen LogP contribution in [0.1, 0.15) is 22.6 Å². The molecule has 1 aliphatic heterocycles. The molecular formula is C18H16N2OS. The van der Waals surface area contributed by atoms with Gasteiger partial charge < -0.3 is 4.90 Å². The van der Waals surface area contributed by atoms with E-state index >= 15 is 0 Å². The number of likely N-dealkylation sites (N-methyl/N-ethyl adjacent to an activating group) is 1. The number of nitrogens with zero attached hydrogens (tertiary/aromatic N) is 2. The summed E-state index contributed by atoms with van der Waals surface area (Å²) in [5.74, 6) is 0.881. The lowest BCUT2D eigenvalue weighted by atomic mass is 10.00. The van der Waals surface area contributed by atoms with Crippen LogP contribution < -0.4 is 0 Å². The van der Waals surface area contributed by atoms with Gasteiger partial charge >= 0.3 is 0 Å². The van der Waals surface area contributed by atoms with Gasteiger partial charge in [0.1, 0.15) is 0 Å². The molecule has 0 bridgehead atoms. The van der Waals surface area contributed by atoms with Gasteiger partial charge in [-0.1, -0.05) is 30.3 Å². The normalized spacial score (nSPS) is 15.9. The third-order valence-electron chi connectivity index (χ3n) is 3.85. The SMILES string of the molecule is CN(Cc1cccc(C#N)c1)C(=O)[C@H]1CSc2ccccc21. The molecule has 0 aromatic heterocycles. The molecule has 1 aliphatic rings. The smallest absolute Gasteiger partial charge is 0.231 e. The van der Waals surface area contributed by atoms with E-state index in [9.17, 15) is 4.79 Å². The molecule has 2 aromatic rings. The van der Waals surface area contributed by atoms with Gasteiger partial charge in [0.05, 0.1) is 17.6 Å². The number of carbonyl (C=O) groups excluding carboxylic acids is 1. The van der Waals surface area contributed by atoms with Crippen LogP contribution in [0.25, 0.3) is 0 Å². The maximum atomic E-state index is 12.7. The Morgan fingerprint density at radius 3 is 2.95 bits per heavy atom. The molecule has 3 rings (SSSR count). The standard InChI is InChI=1S/C18H16N2OS/c1-20(11-14-6-4-5-13(9-14)10-19)18(21)16-12-22-17-8-3-2-7-15(16)17/h2-9,16H,11-12H2,1H3/t16-/m0/s1. The van der Waals surface area contributed by atoms with Crippen LogP contribution in [0.2, 0.25) is 0 Å². The number of fused-ring (bicyclic) bond motifs is 1. The second-order valence-corrected chi connectivity index (χ2v) is 6.47. The summed E-state index contributed by atoms with van der Waals surface area (Å²) in [5, 5.41) is 8.95. The molecule has 1 heterocycles. The number of carbonyl (C=O) groups is 1. The molecular weight excluding hydrogens is 292 g/mol. The Morgan fingerprint density at radius 2 is 2.14 bits per heavy atom. The predicted octanol–water partition coefficient (Wildman–Crippen LogP) is 3.41. The zero-order valence-electron chi connectivity index (χ0n) is 12.3. The van der Waals surface area contributed by atoms with E-state index in [1.54, 1.807) is 22.7 Å². The monoisotopic (exact) mass is 308 g/mol. The summed E-state index contributed by atoms with van der Waals surface area (Å²) in [6, 6.07) is 17.7. The zero-order valence-corrected chi connectivity index (χ0v) is 13.1. The lowest BCUT2D eigenvalue weighted by Gasteiger charge is -2.21. The van der Waals surface area contributed by atoms with Gasteiger partial charge in [-0.3, -0.25) is 4.79 Å². The Balaban J connectivity index is 1.74. The Hall–Kier alpha value is -2.25. The minimum Gasteiger partial charge on any atom is -0.341 e. The Morgan fingerprint density at radius 1 is 1.32 bits per heavy atom. The number of hydrogen-bond donors (Lipinski definition) is 0. The van der Waals surface area contributed by atoms with Crippen LogP contribution in [0.4, 0.5) is 0 Å². The molecule has 0 saturated heterocycles. The highest BCUT2D eigenvalue weighted by Gasteiger charge is 2.30. The predicted molar refractivity (Wildman–Crippen MR) is 87.5 cm³/mol. The first-order valence-electron chi connectivity index (χ1n) is 7.15. The van der Waals surface area contributed by atoms with Crippen molar-refractivity contribution in [3.8, 4) is 6.07 Å². The average Bonchev–Trinajstić information content (AvgIpc) is 2.98. The molecule has 0 aliphatic carbocycles. The molecule has 4 heteroatoms. The molecule has 0 unspecified atom stereocenters. The summed E-state index contributed by atoms with van der Waals surface area (Å²) >= 11 is 1.74. The first-order chi connectivity index (χ1) is 10.7. The fraction of sp³-hybridized carbons (Fsp3) is 0.222. The van der Waals surface area contributed by atoms with Crippen molar-refractivity contribution in [1.29, 1.82) is 5.26 Å². The number of hydrogen-bond acceptors (Lipinski definition) is 3. The maximum Gasteiger partial charge on any atom is 0.231 e. The molecule has 2 aromatic carbocycles. The second kappa shape index (κ2) is 6.25. The number of nitriles is 1. The van der Waals surface area contributed by atoms with Crippen molar-refractivity contribution in [3.05, 3.63) is 65.2 Å². The van der Waals surface area contributed by atoms with Crippen molar-refractivity contribution in [3.63, 3.8) is 0 Å². The van der Waals surface area contributed by atoms with Gasteiger partial charge in [-0.05, 0) is 29.3 Å². The van der Waals surface area contributed by atoms with E-state index < -0.39 is 0 Å². The van der Waals surface area contributed by atoms with Crippen molar-refractivity contribution in [2.75, 3.05) is 12.8 Å². The third kappa shape index (κ3) is 2.86. The second-order valence-electron chi connectivity index (χ2n) is 5.41. The van der Waals surface area contributed by atoms with Crippen molar-refractivity contribution in [2.24, 2.45) is 0 Å². The number of benzene rings is 2. The Kier molecular flexibility index (Phi) is 4.17. The van der Waals surface area contributed by atoms with Crippen LogP contribution in [0.15, 0.2) is 53.4 Å². The van der Waals surface area contributed by atoms with Crippen LogP contribution in [0.3, 0.4) is 0 Å². The Bertz CT molecular complexity index is 751. The van der Waals surface area contributed by atoms with E-state index in [-0.39, 0.29) is 11.8 Å². The van der Waals surface area contributed by atoms with E-state index in [0.717, 1.165) is 16.9 Å². The van der Waals surface area contributed by atoms with E-state index in [4.69, 9.17) is 5.26 Å². The van der Waals surface area contributed by atoms with Crippen molar-refractivity contribution in [1.82, 2.24) is 4.90 Å². The highest BCUT2D eigenvalue weighted by atomic mass is 32.2. The minimum absolute atomic E-state index is 0.0645. The van der Waals surface area contributed by atoms with Crippen LogP contribution in [0, 0.1) is 11.3 Å². The lowest BCUT2D eigenvalue weighted by Crippen LogP contribution is -2.31. The van der Waals surface area contributed by atoms with Crippen molar-refractivity contribution < 1.29 is 4.79 Å². The summed E-state index contributed by atoms with van der Waals surface area (Å²) in [5.41, 5.74) is 2.74. The first-order valence-corrected chi connectivity index (χ1v) is 8.13. The highest BCUT2D eigenvalue weighted by molar-refractivity contribution is 7.99. The molecule has 110 valence electrons. The molecule has 22 heavy (non-hydrogen) atoms. The average molecular weight is 308 g/mol. The van der Waals surface area contributed by atoms with Gasteiger partial charge in [0, 0.05) is 24.2 Å². The molecule has 0 radical (unpaired) electrons. The van der Waals surface area contributed by atoms with Crippen LogP contribution in [0.5, 0.6) is 0 Å². The molecule has 0 saturated carbocycles. The summed E-state index contributed by atoms with van der Waals surface area (Å²) in [6.45, 7) is 0.525. The van der Waals surface area contributed by atoms with Crippen molar-refractivity contribution >= 4 is 17.7 Å². The molecule has 3 nitrogen and oxygen atoms in total. The van der Waals surface area contributed by atoms with Crippen molar-refractivity contribution in [2.45, 2.75) is 17.4 Å². The molecule has 0 N–H and O–H groups in total. The van der Waals surface area contributed by atoms with Gasteiger partial charge in [-0.2, -0.15) is 5.26 Å². The summed E-state index contributed by atoms with van der Waals surface area (Å²) in [4.78, 5) is 15.7. The van der Waals surface area contributed by atoms with Crippen LogP contribution >= 0.6 is 11.8 Å². The summed E-state index contributed by atoms with van der Waals surface area (Å²) in [6.07, 6.45) is 0. The molecule has 0 spiro atoms. The fourth-order valence-corrected chi connectivity index (χ4v) is 3.94. The van der Waals surface area contributed by atoms with Gasteiger partial charge in [0.25, 0.3) is 0 Å². The van der Waals surface area contributed by atoms with E-state index in [2.05, 4.69) is 12.1 Å². The lowest BCUT2D eigenvalue weighted by molar-refractivity contribution is -0.131. The highest BCUT2D eigenvalue weighted by Crippen LogP contribution is 2.40. The number of rotatable bonds is 3. The molecule has 1 amide bonds. The van der Waals surface area contributed by atoms with Gasteiger partial charge in [-0.15, -0.1) is 11.8 Å². The number of thioether (sulfide) groups is 1. The third-order valence-corrected chi connectivity index (χ3v) is 5.03. The first kappa shape index (κ1) is 14.7. The van der Waals surface area contributed by atoms with Crippen LogP contribution in [-0.4, -0.2) is 23.6 Å². The molecule has 1 atom stereocenters. The maximum absolute atomic E-state index is 12.7. The summed E-state index contributed by atoms with van der Waals surface area (Å²) < 4.78 is 0. The van der Waals surface area contributed by atoms with Gasteiger partial charge in [0.2, 0.25) is 5.91 Å². The topological polar surface area (TPSA) is 44.1 Å². The minimum atomic E-state index is -0.0645. The molecule has 0 fully saturated rings. The van der Waals surface area contributed by atoms with Crippen LogP contribution in [-0.2, 0) is 11.3 Å². The Labute approximate surface area is 134 Å². The van der Waals surface area contributed by atoms with E-state index in [0.29, 0.717) is 12.1 Å². The van der Waals surface area contributed by atoms with E-state index in [1.807, 2.05) is 43.4 Å². The number of amides is 1. The largest absolute Gasteiger partial charge is 0.341 e. The van der Waals surface area contributed by atoms with E-state index in [1.165, 1.54) is 4.90 Å². The quantitative estimate of drug-likeness (QED) is 0.873.